The number of carbonyl (C=O) groups is 2. The maximum absolute atomic E-state index is 12.3. The lowest BCUT2D eigenvalue weighted by atomic mass is 10.2. The second kappa shape index (κ2) is 10.8. The predicted molar refractivity (Wildman–Crippen MR) is 110 cm³/mol. The molecule has 9 heteroatoms. The number of hydrogen-bond acceptors (Lipinski definition) is 7. The van der Waals surface area contributed by atoms with Crippen LogP contribution in [-0.4, -0.2) is 36.6 Å². The van der Waals surface area contributed by atoms with Gasteiger partial charge in [0, 0.05) is 17.8 Å². The molecule has 0 heterocycles. The van der Waals surface area contributed by atoms with Gasteiger partial charge < -0.3 is 19.5 Å². The summed E-state index contributed by atoms with van der Waals surface area (Å²) >= 11 is 0. The molecule has 9 nitrogen and oxygen atoms in total. The second-order valence-corrected chi connectivity index (χ2v) is 6.32. The number of esters is 1. The normalized spacial score (nSPS) is 10.2. The van der Waals surface area contributed by atoms with Crippen LogP contribution in [0.5, 0.6) is 11.5 Å². The van der Waals surface area contributed by atoms with E-state index in [2.05, 4.69) is 5.32 Å². The molecule has 0 aliphatic heterocycles. The molecular weight excluding hydrogens is 392 g/mol. The van der Waals surface area contributed by atoms with Crippen molar-refractivity contribution in [3.63, 3.8) is 0 Å². The zero-order valence-electron chi connectivity index (χ0n) is 17.1. The fourth-order valence-electron chi connectivity index (χ4n) is 2.54. The Balaban J connectivity index is 1.98. The van der Waals surface area contributed by atoms with Gasteiger partial charge in [-0.15, -0.1) is 0 Å². The average molecular weight is 416 g/mol. The van der Waals surface area contributed by atoms with Gasteiger partial charge in [-0.05, 0) is 50.1 Å². The van der Waals surface area contributed by atoms with Crippen molar-refractivity contribution in [2.75, 3.05) is 25.1 Å². The lowest BCUT2D eigenvalue weighted by molar-refractivity contribution is -0.384. The first kappa shape index (κ1) is 22.7. The number of aryl methyl sites for hydroxylation is 1. The Labute approximate surface area is 174 Å². The van der Waals surface area contributed by atoms with Gasteiger partial charge in [-0.25, -0.2) is 4.79 Å². The first-order valence-corrected chi connectivity index (χ1v) is 9.47. The number of rotatable bonds is 10. The monoisotopic (exact) mass is 416 g/mol. The van der Waals surface area contributed by atoms with Gasteiger partial charge in [-0.2, -0.15) is 0 Å². The van der Waals surface area contributed by atoms with Gasteiger partial charge in [-0.1, -0.05) is 6.92 Å². The van der Waals surface area contributed by atoms with Crippen molar-refractivity contribution in [2.24, 2.45) is 0 Å². The maximum atomic E-state index is 12.3. The van der Waals surface area contributed by atoms with Gasteiger partial charge in [0.15, 0.2) is 18.1 Å². The van der Waals surface area contributed by atoms with Crippen LogP contribution >= 0.6 is 0 Å². The van der Waals surface area contributed by atoms with E-state index in [1.165, 1.54) is 30.3 Å². The first-order chi connectivity index (χ1) is 14.3. The quantitative estimate of drug-likeness (QED) is 0.355. The van der Waals surface area contributed by atoms with Gasteiger partial charge in [0.25, 0.3) is 11.6 Å². The Morgan fingerprint density at radius 2 is 1.83 bits per heavy atom. The molecule has 0 fully saturated rings. The molecule has 2 rings (SSSR count). The number of non-ortho nitro benzene ring substituents is 1. The van der Waals surface area contributed by atoms with E-state index >= 15 is 0 Å². The summed E-state index contributed by atoms with van der Waals surface area (Å²) in [5.74, 6) is -0.296. The molecule has 2 aromatic rings. The molecular formula is C21H24N2O7. The number of nitrogens with one attached hydrogen (secondary N) is 1. The Morgan fingerprint density at radius 1 is 1.07 bits per heavy atom. The molecule has 160 valence electrons. The topological polar surface area (TPSA) is 117 Å². The highest BCUT2D eigenvalue weighted by Crippen LogP contribution is 2.29. The van der Waals surface area contributed by atoms with Crippen molar-refractivity contribution < 1.29 is 28.7 Å². The Kier molecular flexibility index (Phi) is 8.16. The number of hydrogen-bond donors (Lipinski definition) is 1. The fraction of sp³-hybridized carbons (Fsp3) is 0.333. The molecule has 0 unspecified atom stereocenters. The average Bonchev–Trinajstić information content (AvgIpc) is 2.72. The van der Waals surface area contributed by atoms with Crippen molar-refractivity contribution in [1.29, 1.82) is 0 Å². The molecule has 0 aliphatic rings. The van der Waals surface area contributed by atoms with E-state index in [1.54, 1.807) is 13.0 Å². The Bertz CT molecular complexity index is 928. The molecule has 0 bridgehead atoms. The minimum absolute atomic E-state index is 0.0756. The molecule has 0 saturated carbocycles. The largest absolute Gasteiger partial charge is 0.490 e. The zero-order valence-corrected chi connectivity index (χ0v) is 17.1. The Morgan fingerprint density at radius 3 is 2.47 bits per heavy atom. The van der Waals surface area contributed by atoms with Crippen LogP contribution in [0.15, 0.2) is 36.4 Å². The smallest absolute Gasteiger partial charge is 0.338 e. The maximum Gasteiger partial charge on any atom is 0.338 e. The molecule has 1 N–H and O–H groups in total. The number of anilines is 1. The number of amides is 1. The van der Waals surface area contributed by atoms with Crippen LogP contribution in [-0.2, 0) is 9.53 Å². The van der Waals surface area contributed by atoms with Crippen LogP contribution in [0.2, 0.25) is 0 Å². The summed E-state index contributed by atoms with van der Waals surface area (Å²) in [7, 11) is 0. The van der Waals surface area contributed by atoms with Gasteiger partial charge in [0.05, 0.1) is 23.7 Å². The highest BCUT2D eigenvalue weighted by atomic mass is 16.6. The van der Waals surface area contributed by atoms with E-state index in [9.17, 15) is 19.7 Å². The number of nitro groups is 1. The summed E-state index contributed by atoms with van der Waals surface area (Å²) in [4.78, 5) is 34.7. The lowest BCUT2D eigenvalue weighted by Crippen LogP contribution is -2.21. The SMILES string of the molecule is CCCOc1ccc(C(=O)OCC(=O)Nc2ccc([N+](=O)[O-])cc2C)cc1OCC. The number of benzene rings is 2. The predicted octanol–water partition coefficient (Wildman–Crippen LogP) is 3.89. The number of carbonyl (C=O) groups excluding carboxylic acids is 2. The highest BCUT2D eigenvalue weighted by molar-refractivity contribution is 5.96. The fourth-order valence-corrected chi connectivity index (χ4v) is 2.54. The molecule has 0 radical (unpaired) electrons. The zero-order chi connectivity index (χ0) is 22.1. The van der Waals surface area contributed by atoms with E-state index in [0.29, 0.717) is 36.0 Å². The van der Waals surface area contributed by atoms with Crippen molar-refractivity contribution in [1.82, 2.24) is 0 Å². The number of ether oxygens (including phenoxy) is 3. The number of nitro benzene ring substituents is 1. The van der Waals surface area contributed by atoms with Gasteiger partial charge in [0.1, 0.15) is 0 Å². The number of nitrogens with zero attached hydrogens (tertiary/aromatic N) is 1. The van der Waals surface area contributed by atoms with Gasteiger partial charge in [0.2, 0.25) is 0 Å². The van der Waals surface area contributed by atoms with Crippen LogP contribution in [0.25, 0.3) is 0 Å². The summed E-state index contributed by atoms with van der Waals surface area (Å²) in [5, 5.41) is 13.3. The molecule has 1 amide bonds. The van der Waals surface area contributed by atoms with E-state index < -0.39 is 23.4 Å². The van der Waals surface area contributed by atoms with E-state index in [-0.39, 0.29) is 11.3 Å². The summed E-state index contributed by atoms with van der Waals surface area (Å²) < 4.78 is 16.2. The summed E-state index contributed by atoms with van der Waals surface area (Å²) in [6, 6.07) is 8.72. The summed E-state index contributed by atoms with van der Waals surface area (Å²) in [6.07, 6.45) is 0.832. The Hall–Kier alpha value is -3.62. The van der Waals surface area contributed by atoms with Crippen LogP contribution in [0, 0.1) is 17.0 Å². The summed E-state index contributed by atoms with van der Waals surface area (Å²) in [5.41, 5.74) is 1.07. The molecule has 0 aliphatic carbocycles. The molecule has 0 saturated heterocycles. The lowest BCUT2D eigenvalue weighted by Gasteiger charge is -2.13. The van der Waals surface area contributed by atoms with E-state index in [0.717, 1.165) is 6.42 Å². The van der Waals surface area contributed by atoms with Gasteiger partial charge in [-0.3, -0.25) is 14.9 Å². The molecule has 2 aromatic carbocycles. The minimum Gasteiger partial charge on any atom is -0.490 e. The van der Waals surface area contributed by atoms with Crippen LogP contribution in [0.3, 0.4) is 0 Å². The molecule has 0 spiro atoms. The molecule has 0 atom stereocenters. The molecule has 0 aromatic heterocycles. The first-order valence-electron chi connectivity index (χ1n) is 9.47. The van der Waals surface area contributed by atoms with Crippen molar-refractivity contribution in [3.05, 3.63) is 57.6 Å². The second-order valence-electron chi connectivity index (χ2n) is 6.32. The van der Waals surface area contributed by atoms with Crippen molar-refractivity contribution in [3.8, 4) is 11.5 Å². The molecule has 30 heavy (non-hydrogen) atoms. The van der Waals surface area contributed by atoms with Crippen LogP contribution < -0.4 is 14.8 Å². The van der Waals surface area contributed by atoms with E-state index in [4.69, 9.17) is 14.2 Å². The van der Waals surface area contributed by atoms with Crippen LogP contribution in [0.4, 0.5) is 11.4 Å². The third kappa shape index (κ3) is 6.20. The van der Waals surface area contributed by atoms with Gasteiger partial charge >= 0.3 is 5.97 Å². The van der Waals surface area contributed by atoms with Crippen LogP contribution in [0.1, 0.15) is 36.2 Å². The third-order valence-corrected chi connectivity index (χ3v) is 3.97. The standard InChI is InChI=1S/C21H24N2O7/c1-4-10-29-18-9-6-15(12-19(18)28-5-2)21(25)30-13-20(24)22-17-8-7-16(23(26)27)11-14(17)3/h6-9,11-12H,4-5,10,13H2,1-3H3,(H,22,24). The third-order valence-electron chi connectivity index (χ3n) is 3.97. The van der Waals surface area contributed by atoms with Crippen molar-refractivity contribution >= 4 is 23.3 Å². The van der Waals surface area contributed by atoms with E-state index in [1.807, 2.05) is 13.8 Å². The minimum atomic E-state index is -0.687. The highest BCUT2D eigenvalue weighted by Gasteiger charge is 2.15. The summed E-state index contributed by atoms with van der Waals surface area (Å²) in [6.45, 7) is 5.85. The van der Waals surface area contributed by atoms with Crippen molar-refractivity contribution in [2.45, 2.75) is 27.2 Å².